The number of unbranched alkanes of at least 4 members (excludes halogenated alkanes) is 19. The average molecular weight is 678 g/mol. The smallest absolute Gasteiger partial charge is 0.472 e. The van der Waals surface area contributed by atoms with Crippen LogP contribution >= 0.6 is 7.82 Å². The molecule has 0 amide bonds. The van der Waals surface area contributed by atoms with Crippen molar-refractivity contribution in [2.24, 2.45) is 5.73 Å². The predicted molar refractivity (Wildman–Crippen MR) is 185 cm³/mol. The molecule has 46 heavy (non-hydrogen) atoms. The highest BCUT2D eigenvalue weighted by atomic mass is 31.2. The van der Waals surface area contributed by atoms with Gasteiger partial charge in [0.1, 0.15) is 12.1 Å². The lowest BCUT2D eigenvalue weighted by atomic mass is 10.1. The van der Waals surface area contributed by atoms with Crippen molar-refractivity contribution in [1.29, 1.82) is 0 Å². The summed E-state index contributed by atoms with van der Waals surface area (Å²) in [6.07, 6.45) is 29.8. The second-order valence-corrected chi connectivity index (χ2v) is 13.8. The Morgan fingerprint density at radius 2 is 1.13 bits per heavy atom. The molecule has 11 heteroatoms. The number of hydrogen-bond donors (Lipinski definition) is 3. The summed E-state index contributed by atoms with van der Waals surface area (Å²) in [5.74, 6) is -1.79. The number of hydrogen-bond acceptors (Lipinski definition) is 8. The van der Waals surface area contributed by atoms with Gasteiger partial charge in [0.05, 0.1) is 19.8 Å². The van der Waals surface area contributed by atoms with E-state index in [2.05, 4.69) is 30.5 Å². The summed E-state index contributed by atoms with van der Waals surface area (Å²) < 4.78 is 33.1. The topological polar surface area (TPSA) is 155 Å². The van der Waals surface area contributed by atoms with E-state index < -0.39 is 45.1 Å². The Balaban J connectivity index is 4.33. The van der Waals surface area contributed by atoms with E-state index in [0.29, 0.717) is 13.0 Å². The summed E-state index contributed by atoms with van der Waals surface area (Å²) in [5, 5.41) is 8.84. The Bertz CT molecular complexity index is 796. The number of carboxylic acids is 1. The molecule has 0 spiro atoms. The van der Waals surface area contributed by atoms with Gasteiger partial charge >= 0.3 is 19.8 Å². The minimum atomic E-state index is -4.60. The second kappa shape index (κ2) is 32.3. The van der Waals surface area contributed by atoms with E-state index in [1.807, 2.05) is 0 Å². The minimum absolute atomic E-state index is 0.0179. The molecular formula is C35H68NO9P. The number of phosphoric acid groups is 1. The van der Waals surface area contributed by atoms with Gasteiger partial charge in [-0.25, -0.2) is 4.57 Å². The normalized spacial score (nSPS) is 14.3. The molecule has 0 aromatic rings. The zero-order valence-electron chi connectivity index (χ0n) is 29.2. The number of allylic oxidation sites excluding steroid dienone is 2. The molecule has 0 aliphatic heterocycles. The van der Waals surface area contributed by atoms with Crippen LogP contribution in [0.15, 0.2) is 12.2 Å². The molecule has 10 nitrogen and oxygen atoms in total. The number of rotatable bonds is 35. The third-order valence-corrected chi connectivity index (χ3v) is 8.75. The maximum atomic E-state index is 12.5. The van der Waals surface area contributed by atoms with Crippen LogP contribution in [0.5, 0.6) is 0 Å². The van der Waals surface area contributed by atoms with Crippen LogP contribution in [0, 0.1) is 0 Å². The number of aliphatic carboxylic acids is 1. The minimum Gasteiger partial charge on any atom is -0.480 e. The van der Waals surface area contributed by atoms with Crippen molar-refractivity contribution in [3.63, 3.8) is 0 Å². The zero-order chi connectivity index (χ0) is 34.1. The second-order valence-electron chi connectivity index (χ2n) is 12.4. The number of carbonyl (C=O) groups is 2. The fraction of sp³-hybridized carbons (Fsp3) is 0.886. The van der Waals surface area contributed by atoms with Crippen molar-refractivity contribution in [3.8, 4) is 0 Å². The van der Waals surface area contributed by atoms with Crippen LogP contribution < -0.4 is 5.73 Å². The predicted octanol–water partition coefficient (Wildman–Crippen LogP) is 9.03. The molecule has 0 aromatic heterocycles. The van der Waals surface area contributed by atoms with E-state index in [-0.39, 0.29) is 13.0 Å². The third kappa shape index (κ3) is 31.3. The van der Waals surface area contributed by atoms with E-state index in [1.165, 1.54) is 83.5 Å². The fourth-order valence-electron chi connectivity index (χ4n) is 4.89. The first-order valence-electron chi connectivity index (χ1n) is 18.2. The standard InChI is InChI=1S/C35H68NO9P/c1-3-5-7-9-11-13-15-16-17-18-19-21-23-25-27-34(37)45-32(30-43-46(40,41)44-31-33(36)35(38)39)29-42-28-26-24-22-20-14-12-10-8-6-4-2/h15-16,32-33H,3-14,17-31,36H2,1-2H3,(H,38,39)(H,40,41)/b16-15-. The maximum Gasteiger partial charge on any atom is 0.472 e. The highest BCUT2D eigenvalue weighted by Crippen LogP contribution is 2.43. The highest BCUT2D eigenvalue weighted by Gasteiger charge is 2.27. The van der Waals surface area contributed by atoms with Gasteiger partial charge in [0.25, 0.3) is 0 Å². The van der Waals surface area contributed by atoms with Crippen molar-refractivity contribution in [1.82, 2.24) is 0 Å². The Morgan fingerprint density at radius 1 is 0.674 bits per heavy atom. The molecule has 3 unspecified atom stereocenters. The van der Waals surface area contributed by atoms with Gasteiger partial charge in [0, 0.05) is 13.0 Å². The van der Waals surface area contributed by atoms with Gasteiger partial charge in [-0.1, -0.05) is 129 Å². The Hall–Kier alpha value is -1.29. The Labute approximate surface area is 280 Å². The van der Waals surface area contributed by atoms with Gasteiger partial charge in [-0.2, -0.15) is 0 Å². The van der Waals surface area contributed by atoms with Crippen LogP contribution in [0.2, 0.25) is 0 Å². The van der Waals surface area contributed by atoms with Gasteiger partial charge < -0.3 is 25.2 Å². The van der Waals surface area contributed by atoms with E-state index in [1.54, 1.807) is 0 Å². The van der Waals surface area contributed by atoms with Crippen LogP contribution in [-0.2, 0) is 32.7 Å². The molecule has 0 radical (unpaired) electrons. The SMILES string of the molecule is CCCCCCC/C=C\CCCCCCCC(=O)OC(COCCCCCCCCCCCC)COP(=O)(O)OCC(N)C(=O)O. The number of carbonyl (C=O) groups excluding carboxylic acids is 1. The van der Waals surface area contributed by atoms with Crippen molar-refractivity contribution in [3.05, 3.63) is 12.2 Å². The van der Waals surface area contributed by atoms with Gasteiger partial charge in [0.15, 0.2) is 0 Å². The number of ether oxygens (including phenoxy) is 2. The molecule has 0 heterocycles. The van der Waals surface area contributed by atoms with E-state index in [4.69, 9.17) is 24.8 Å². The number of nitrogens with two attached hydrogens (primary N) is 1. The van der Waals surface area contributed by atoms with Crippen molar-refractivity contribution in [2.75, 3.05) is 26.4 Å². The maximum absolute atomic E-state index is 12.5. The molecule has 272 valence electrons. The highest BCUT2D eigenvalue weighted by molar-refractivity contribution is 7.47. The monoisotopic (exact) mass is 677 g/mol. The molecule has 0 aromatic carbocycles. The number of esters is 1. The molecule has 0 aliphatic rings. The van der Waals surface area contributed by atoms with Crippen molar-refractivity contribution < 1.29 is 42.7 Å². The molecule has 0 aliphatic carbocycles. The van der Waals surface area contributed by atoms with Crippen molar-refractivity contribution in [2.45, 2.75) is 174 Å². The van der Waals surface area contributed by atoms with Gasteiger partial charge in [-0.3, -0.25) is 18.6 Å². The molecule has 0 rings (SSSR count). The number of carboxylic acid groups (broad SMARTS) is 1. The van der Waals surface area contributed by atoms with Crippen LogP contribution in [0.3, 0.4) is 0 Å². The lowest BCUT2D eigenvalue weighted by Gasteiger charge is -2.20. The first-order valence-corrected chi connectivity index (χ1v) is 19.7. The lowest BCUT2D eigenvalue weighted by molar-refractivity contribution is -0.154. The van der Waals surface area contributed by atoms with Crippen LogP contribution in [0.4, 0.5) is 0 Å². The summed E-state index contributed by atoms with van der Waals surface area (Å²) in [5.41, 5.74) is 5.32. The lowest BCUT2D eigenvalue weighted by Crippen LogP contribution is -2.34. The molecule has 0 saturated heterocycles. The summed E-state index contributed by atoms with van der Waals surface area (Å²) in [6, 6.07) is -1.47. The summed E-state index contributed by atoms with van der Waals surface area (Å²) in [4.78, 5) is 33.3. The molecule has 3 atom stereocenters. The Kier molecular flexibility index (Phi) is 31.4. The van der Waals surface area contributed by atoms with Crippen LogP contribution in [-0.4, -0.2) is 60.5 Å². The molecular weight excluding hydrogens is 609 g/mol. The average Bonchev–Trinajstić information content (AvgIpc) is 3.03. The number of phosphoric ester groups is 1. The molecule has 0 fully saturated rings. The van der Waals surface area contributed by atoms with Gasteiger partial charge in [-0.05, 0) is 38.5 Å². The zero-order valence-corrected chi connectivity index (χ0v) is 30.1. The molecule has 4 N–H and O–H groups in total. The third-order valence-electron chi connectivity index (χ3n) is 7.79. The summed E-state index contributed by atoms with van der Waals surface area (Å²) in [6.45, 7) is 3.84. The van der Waals surface area contributed by atoms with Gasteiger partial charge in [0.2, 0.25) is 0 Å². The van der Waals surface area contributed by atoms with E-state index in [0.717, 1.165) is 51.4 Å². The van der Waals surface area contributed by atoms with Crippen LogP contribution in [0.1, 0.15) is 162 Å². The molecule has 0 saturated carbocycles. The quantitative estimate of drug-likeness (QED) is 0.0256. The summed E-state index contributed by atoms with van der Waals surface area (Å²) in [7, 11) is -4.60. The summed E-state index contributed by atoms with van der Waals surface area (Å²) >= 11 is 0. The Morgan fingerprint density at radius 3 is 1.65 bits per heavy atom. The fourth-order valence-corrected chi connectivity index (χ4v) is 5.67. The van der Waals surface area contributed by atoms with Crippen LogP contribution in [0.25, 0.3) is 0 Å². The van der Waals surface area contributed by atoms with E-state index in [9.17, 15) is 19.0 Å². The van der Waals surface area contributed by atoms with Crippen molar-refractivity contribution >= 4 is 19.8 Å². The van der Waals surface area contributed by atoms with E-state index >= 15 is 0 Å². The largest absolute Gasteiger partial charge is 0.480 e. The first-order chi connectivity index (χ1) is 22.2. The molecule has 0 bridgehead atoms. The van der Waals surface area contributed by atoms with Gasteiger partial charge in [-0.15, -0.1) is 0 Å². The first kappa shape index (κ1) is 44.7.